The van der Waals surface area contributed by atoms with Crippen molar-refractivity contribution in [2.75, 3.05) is 14.1 Å². The third-order valence-electron chi connectivity index (χ3n) is 1.46. The Hall–Kier alpha value is 0.0500. The summed E-state index contributed by atoms with van der Waals surface area (Å²) >= 11 is 1.84. The van der Waals surface area contributed by atoms with Crippen LogP contribution in [0.4, 0.5) is 0 Å². The number of thioether (sulfide) groups is 1. The van der Waals surface area contributed by atoms with Crippen molar-refractivity contribution in [2.24, 2.45) is 0 Å². The topological polar surface area (TPSA) is 3.24 Å². The van der Waals surface area contributed by atoms with Gasteiger partial charge in [0.1, 0.15) is 0 Å². The SMILES string of the molecule is C=C(CC)SC(C)N(C)C. The molecule has 0 rings (SSSR count). The maximum absolute atomic E-state index is 3.93. The molecule has 0 bridgehead atoms. The quantitative estimate of drug-likeness (QED) is 0.580. The molecule has 0 aliphatic rings. The van der Waals surface area contributed by atoms with Gasteiger partial charge in [-0.15, -0.1) is 11.8 Å². The van der Waals surface area contributed by atoms with Gasteiger partial charge < -0.3 is 0 Å². The van der Waals surface area contributed by atoms with E-state index in [9.17, 15) is 0 Å². The Morgan fingerprint density at radius 1 is 1.60 bits per heavy atom. The molecule has 1 nitrogen and oxygen atoms in total. The van der Waals surface area contributed by atoms with Gasteiger partial charge in [0.15, 0.2) is 0 Å². The molecule has 0 N–H and O–H groups in total. The first-order valence-corrected chi connectivity index (χ1v) is 4.46. The third kappa shape index (κ3) is 3.96. The molecule has 0 saturated carbocycles. The number of nitrogens with zero attached hydrogens (tertiary/aromatic N) is 1. The van der Waals surface area contributed by atoms with Crippen LogP contribution in [0.2, 0.25) is 0 Å². The Labute approximate surface area is 68.5 Å². The van der Waals surface area contributed by atoms with Crippen molar-refractivity contribution in [3.05, 3.63) is 11.5 Å². The normalized spacial score (nSPS) is 13.7. The van der Waals surface area contributed by atoms with E-state index in [2.05, 4.69) is 39.4 Å². The van der Waals surface area contributed by atoms with Crippen molar-refractivity contribution in [3.8, 4) is 0 Å². The van der Waals surface area contributed by atoms with E-state index in [0.717, 1.165) is 6.42 Å². The lowest BCUT2D eigenvalue weighted by molar-refractivity contribution is 0.403. The lowest BCUT2D eigenvalue weighted by Gasteiger charge is -2.19. The fraction of sp³-hybridized carbons (Fsp3) is 0.750. The summed E-state index contributed by atoms with van der Waals surface area (Å²) in [6, 6.07) is 0. The summed E-state index contributed by atoms with van der Waals surface area (Å²) in [5.41, 5.74) is 0. The van der Waals surface area contributed by atoms with Crippen molar-refractivity contribution in [1.82, 2.24) is 4.90 Å². The first kappa shape index (κ1) is 10.0. The maximum Gasteiger partial charge on any atom is 0.0567 e. The van der Waals surface area contributed by atoms with Gasteiger partial charge in [0, 0.05) is 0 Å². The van der Waals surface area contributed by atoms with Crippen LogP contribution < -0.4 is 0 Å². The average Bonchev–Trinajstić information content (AvgIpc) is 1.87. The zero-order chi connectivity index (χ0) is 8.15. The average molecular weight is 159 g/mol. The molecule has 0 radical (unpaired) electrons. The highest BCUT2D eigenvalue weighted by Crippen LogP contribution is 2.22. The van der Waals surface area contributed by atoms with Crippen LogP contribution in [0.5, 0.6) is 0 Å². The van der Waals surface area contributed by atoms with E-state index in [-0.39, 0.29) is 0 Å². The Morgan fingerprint density at radius 2 is 2.10 bits per heavy atom. The molecule has 60 valence electrons. The van der Waals surface area contributed by atoms with E-state index < -0.39 is 0 Å². The van der Waals surface area contributed by atoms with Crippen molar-refractivity contribution in [1.29, 1.82) is 0 Å². The Kier molecular flexibility index (Phi) is 4.83. The van der Waals surface area contributed by atoms with Crippen molar-refractivity contribution in [3.63, 3.8) is 0 Å². The van der Waals surface area contributed by atoms with E-state index >= 15 is 0 Å². The van der Waals surface area contributed by atoms with Crippen LogP contribution in [0, 0.1) is 0 Å². The Balaban J connectivity index is 3.57. The molecule has 2 heteroatoms. The van der Waals surface area contributed by atoms with E-state index in [0.29, 0.717) is 5.37 Å². The van der Waals surface area contributed by atoms with Gasteiger partial charge in [-0.2, -0.15) is 0 Å². The van der Waals surface area contributed by atoms with E-state index in [1.807, 2.05) is 11.8 Å². The van der Waals surface area contributed by atoms with Crippen molar-refractivity contribution >= 4 is 11.8 Å². The van der Waals surface area contributed by atoms with Crippen LogP contribution in [0.25, 0.3) is 0 Å². The van der Waals surface area contributed by atoms with Crippen molar-refractivity contribution < 1.29 is 0 Å². The summed E-state index contributed by atoms with van der Waals surface area (Å²) in [5.74, 6) is 0. The van der Waals surface area contributed by atoms with Crippen LogP contribution in [-0.2, 0) is 0 Å². The number of rotatable bonds is 4. The largest absolute Gasteiger partial charge is 0.298 e. The highest BCUT2D eigenvalue weighted by molar-refractivity contribution is 8.03. The molecule has 1 atom stereocenters. The molecule has 10 heavy (non-hydrogen) atoms. The molecule has 0 aliphatic heterocycles. The predicted octanol–water partition coefficient (Wildman–Crippen LogP) is 2.55. The van der Waals surface area contributed by atoms with E-state index in [4.69, 9.17) is 0 Å². The lowest BCUT2D eigenvalue weighted by Crippen LogP contribution is -2.20. The summed E-state index contributed by atoms with van der Waals surface area (Å²) in [5, 5.41) is 0.549. The Morgan fingerprint density at radius 3 is 2.40 bits per heavy atom. The monoisotopic (exact) mass is 159 g/mol. The first-order valence-electron chi connectivity index (χ1n) is 3.58. The molecule has 0 amide bonds. The Bertz CT molecular complexity index is 110. The van der Waals surface area contributed by atoms with Gasteiger partial charge in [-0.3, -0.25) is 4.90 Å². The second kappa shape index (κ2) is 4.80. The number of allylic oxidation sites excluding steroid dienone is 1. The molecule has 0 aromatic carbocycles. The fourth-order valence-corrected chi connectivity index (χ4v) is 1.29. The summed E-state index contributed by atoms with van der Waals surface area (Å²) in [7, 11) is 4.17. The number of hydrogen-bond donors (Lipinski definition) is 0. The summed E-state index contributed by atoms with van der Waals surface area (Å²) in [4.78, 5) is 3.45. The summed E-state index contributed by atoms with van der Waals surface area (Å²) in [6.45, 7) is 8.25. The van der Waals surface area contributed by atoms with Crippen LogP contribution >= 0.6 is 11.8 Å². The summed E-state index contributed by atoms with van der Waals surface area (Å²) in [6.07, 6.45) is 1.07. The third-order valence-corrected chi connectivity index (χ3v) is 2.84. The van der Waals surface area contributed by atoms with Gasteiger partial charge in [0.25, 0.3) is 0 Å². The second-order valence-electron chi connectivity index (χ2n) is 2.57. The molecule has 0 aromatic heterocycles. The van der Waals surface area contributed by atoms with Gasteiger partial charge in [-0.05, 0) is 32.3 Å². The predicted molar refractivity (Wildman–Crippen MR) is 50.2 cm³/mol. The zero-order valence-electron chi connectivity index (χ0n) is 7.35. The van der Waals surface area contributed by atoms with Crippen LogP contribution in [-0.4, -0.2) is 24.4 Å². The van der Waals surface area contributed by atoms with Crippen LogP contribution in [0.1, 0.15) is 20.3 Å². The fourth-order valence-electron chi connectivity index (χ4n) is 0.430. The minimum absolute atomic E-state index is 0.549. The molecule has 1 unspecified atom stereocenters. The van der Waals surface area contributed by atoms with Crippen LogP contribution in [0.15, 0.2) is 11.5 Å². The second-order valence-corrected chi connectivity index (χ2v) is 4.07. The highest BCUT2D eigenvalue weighted by atomic mass is 32.2. The molecule has 0 aromatic rings. The van der Waals surface area contributed by atoms with Gasteiger partial charge >= 0.3 is 0 Å². The minimum Gasteiger partial charge on any atom is -0.298 e. The van der Waals surface area contributed by atoms with Gasteiger partial charge in [-0.25, -0.2) is 0 Å². The smallest absolute Gasteiger partial charge is 0.0567 e. The van der Waals surface area contributed by atoms with Gasteiger partial charge in [0.2, 0.25) is 0 Å². The van der Waals surface area contributed by atoms with Gasteiger partial charge in [-0.1, -0.05) is 13.5 Å². The lowest BCUT2D eigenvalue weighted by atomic mass is 10.5. The molecule has 0 saturated heterocycles. The minimum atomic E-state index is 0.549. The van der Waals surface area contributed by atoms with Crippen LogP contribution in [0.3, 0.4) is 0 Å². The highest BCUT2D eigenvalue weighted by Gasteiger charge is 2.04. The number of hydrogen-bond acceptors (Lipinski definition) is 2. The van der Waals surface area contributed by atoms with E-state index in [1.165, 1.54) is 4.91 Å². The zero-order valence-corrected chi connectivity index (χ0v) is 8.16. The molecule has 0 heterocycles. The van der Waals surface area contributed by atoms with Gasteiger partial charge in [0.05, 0.1) is 5.37 Å². The maximum atomic E-state index is 3.93. The summed E-state index contributed by atoms with van der Waals surface area (Å²) < 4.78 is 0. The molecule has 0 aliphatic carbocycles. The molecular formula is C8H17NS. The van der Waals surface area contributed by atoms with Crippen molar-refractivity contribution in [2.45, 2.75) is 25.6 Å². The standard InChI is InChI=1S/C8H17NS/c1-6-7(2)10-8(3)9(4)5/h8H,2,6H2,1,3-5H3. The first-order chi connectivity index (χ1) is 4.57. The van der Waals surface area contributed by atoms with E-state index in [1.54, 1.807) is 0 Å². The molecular weight excluding hydrogens is 142 g/mol. The molecule has 0 spiro atoms. The molecule has 0 fully saturated rings.